The average Bonchev–Trinajstić information content (AvgIpc) is 2.90. The van der Waals surface area contributed by atoms with Crippen molar-refractivity contribution < 1.29 is 5.11 Å². The van der Waals surface area contributed by atoms with Gasteiger partial charge in [-0.3, -0.25) is 9.89 Å². The molecule has 0 saturated carbocycles. The second kappa shape index (κ2) is 12.6. The Hall–Kier alpha value is 0.270. The number of nitrogens with one attached hydrogen (secondary N) is 2. The van der Waals surface area contributed by atoms with Gasteiger partial charge in [-0.05, 0) is 53.2 Å². The number of nitrogens with zero attached hydrogens (tertiary/aromatic N) is 2. The lowest BCUT2D eigenvalue weighted by atomic mass is 10.1. The van der Waals surface area contributed by atoms with E-state index in [9.17, 15) is 5.11 Å². The molecule has 144 valence electrons. The lowest BCUT2D eigenvalue weighted by molar-refractivity contribution is 0.0778. The third kappa shape index (κ3) is 9.10. The molecule has 1 heterocycles. The molecule has 0 bridgehead atoms. The first-order chi connectivity index (χ1) is 10.9. The summed E-state index contributed by atoms with van der Waals surface area (Å²) in [6.45, 7) is 14.4. The SMILES string of the molecule is CCNC(=NCC1(O)CCSC1)NCCCN(C(C)C)C(C)C.I. The number of hydrogen-bond acceptors (Lipinski definition) is 4. The van der Waals surface area contributed by atoms with Crippen LogP contribution in [0, 0.1) is 0 Å². The van der Waals surface area contributed by atoms with Gasteiger partial charge in [-0.2, -0.15) is 11.8 Å². The summed E-state index contributed by atoms with van der Waals surface area (Å²) in [5, 5.41) is 17.0. The summed E-state index contributed by atoms with van der Waals surface area (Å²) in [5.74, 6) is 2.66. The Morgan fingerprint density at radius 1 is 1.25 bits per heavy atom. The molecule has 1 fully saturated rings. The molecule has 0 aromatic carbocycles. The molecule has 1 aliphatic rings. The first-order valence-electron chi connectivity index (χ1n) is 8.96. The van der Waals surface area contributed by atoms with Gasteiger partial charge in [0.05, 0.1) is 12.1 Å². The van der Waals surface area contributed by atoms with Crippen LogP contribution in [0.5, 0.6) is 0 Å². The van der Waals surface area contributed by atoms with Crippen LogP contribution in [0.2, 0.25) is 0 Å². The molecule has 5 nitrogen and oxygen atoms in total. The van der Waals surface area contributed by atoms with Gasteiger partial charge < -0.3 is 15.7 Å². The zero-order valence-electron chi connectivity index (χ0n) is 16.0. The van der Waals surface area contributed by atoms with E-state index < -0.39 is 5.60 Å². The Balaban J connectivity index is 0.00000529. The van der Waals surface area contributed by atoms with Crippen molar-refractivity contribution >= 4 is 41.7 Å². The van der Waals surface area contributed by atoms with Crippen molar-refractivity contribution in [2.45, 2.75) is 65.1 Å². The van der Waals surface area contributed by atoms with Crippen LogP contribution in [0.3, 0.4) is 0 Å². The number of guanidine groups is 1. The molecule has 3 N–H and O–H groups in total. The zero-order valence-corrected chi connectivity index (χ0v) is 19.1. The fourth-order valence-electron chi connectivity index (χ4n) is 2.87. The minimum Gasteiger partial charge on any atom is -0.387 e. The van der Waals surface area contributed by atoms with Crippen molar-refractivity contribution in [2.75, 3.05) is 37.7 Å². The van der Waals surface area contributed by atoms with Crippen molar-refractivity contribution in [2.24, 2.45) is 4.99 Å². The normalized spacial score (nSPS) is 21.5. The van der Waals surface area contributed by atoms with Crippen LogP contribution in [-0.2, 0) is 0 Å². The highest BCUT2D eigenvalue weighted by Gasteiger charge is 2.31. The molecule has 24 heavy (non-hydrogen) atoms. The van der Waals surface area contributed by atoms with Crippen LogP contribution in [0.4, 0.5) is 0 Å². The highest BCUT2D eigenvalue weighted by molar-refractivity contribution is 14.0. The van der Waals surface area contributed by atoms with Crippen molar-refractivity contribution in [3.05, 3.63) is 0 Å². The highest BCUT2D eigenvalue weighted by Crippen LogP contribution is 2.27. The lowest BCUT2D eigenvalue weighted by Gasteiger charge is -2.30. The molecule has 0 aliphatic carbocycles. The maximum atomic E-state index is 10.4. The van der Waals surface area contributed by atoms with Crippen LogP contribution in [-0.4, -0.2) is 71.3 Å². The Bertz CT molecular complexity index is 352. The van der Waals surface area contributed by atoms with Crippen LogP contribution in [0.1, 0.15) is 47.5 Å². The molecule has 1 saturated heterocycles. The van der Waals surface area contributed by atoms with Gasteiger partial charge in [0.25, 0.3) is 0 Å². The quantitative estimate of drug-likeness (QED) is 0.208. The average molecular weight is 472 g/mol. The minimum atomic E-state index is -0.612. The maximum absolute atomic E-state index is 10.4. The van der Waals surface area contributed by atoms with E-state index in [2.05, 4.69) is 55.1 Å². The van der Waals surface area contributed by atoms with Crippen molar-refractivity contribution in [3.63, 3.8) is 0 Å². The zero-order chi connectivity index (χ0) is 17.3. The second-order valence-electron chi connectivity index (χ2n) is 6.93. The molecule has 0 spiro atoms. The van der Waals surface area contributed by atoms with E-state index in [1.54, 1.807) is 0 Å². The fourth-order valence-corrected chi connectivity index (χ4v) is 4.15. The van der Waals surface area contributed by atoms with E-state index in [0.29, 0.717) is 18.6 Å². The largest absolute Gasteiger partial charge is 0.387 e. The van der Waals surface area contributed by atoms with Gasteiger partial charge in [0.1, 0.15) is 0 Å². The van der Waals surface area contributed by atoms with E-state index >= 15 is 0 Å². The second-order valence-corrected chi connectivity index (χ2v) is 8.03. The van der Waals surface area contributed by atoms with Gasteiger partial charge in [-0.15, -0.1) is 24.0 Å². The Morgan fingerprint density at radius 2 is 1.92 bits per heavy atom. The fraction of sp³-hybridized carbons (Fsp3) is 0.941. The Morgan fingerprint density at radius 3 is 2.42 bits per heavy atom. The molecule has 0 aromatic heterocycles. The predicted octanol–water partition coefficient (Wildman–Crippen LogP) is 2.54. The summed E-state index contributed by atoms with van der Waals surface area (Å²) in [6, 6.07) is 1.15. The third-order valence-corrected chi connectivity index (χ3v) is 5.40. The smallest absolute Gasteiger partial charge is 0.191 e. The van der Waals surface area contributed by atoms with Crippen molar-refractivity contribution in [1.29, 1.82) is 0 Å². The topological polar surface area (TPSA) is 59.9 Å². The van der Waals surface area contributed by atoms with Crippen molar-refractivity contribution in [1.82, 2.24) is 15.5 Å². The number of thioether (sulfide) groups is 1. The van der Waals surface area contributed by atoms with Crippen molar-refractivity contribution in [3.8, 4) is 0 Å². The maximum Gasteiger partial charge on any atom is 0.191 e. The van der Waals surface area contributed by atoms with E-state index in [1.165, 1.54) is 0 Å². The minimum absolute atomic E-state index is 0. The summed E-state index contributed by atoms with van der Waals surface area (Å²) in [6.07, 6.45) is 1.93. The molecule has 0 amide bonds. The summed E-state index contributed by atoms with van der Waals surface area (Å²) in [5.41, 5.74) is -0.612. The lowest BCUT2D eigenvalue weighted by Crippen LogP contribution is -2.42. The number of hydrogen-bond donors (Lipinski definition) is 3. The monoisotopic (exact) mass is 472 g/mol. The Labute approximate surface area is 169 Å². The molecular formula is C17H37IN4OS. The molecule has 1 aliphatic heterocycles. The summed E-state index contributed by atoms with van der Waals surface area (Å²) in [7, 11) is 0. The summed E-state index contributed by atoms with van der Waals surface area (Å²) < 4.78 is 0. The molecule has 1 rings (SSSR count). The van der Waals surface area contributed by atoms with Gasteiger partial charge in [0, 0.05) is 37.5 Å². The first kappa shape index (κ1) is 24.3. The summed E-state index contributed by atoms with van der Waals surface area (Å²) in [4.78, 5) is 7.08. The standard InChI is InChI=1S/C17H36N4OS.HI/c1-6-18-16(20-12-17(22)8-11-23-13-17)19-9-7-10-21(14(2)3)15(4)5;/h14-15,22H,6-13H2,1-5H3,(H2,18,19,20);1H. The molecule has 7 heteroatoms. The van der Waals surface area contributed by atoms with E-state index in [1.807, 2.05) is 11.8 Å². The van der Waals surface area contributed by atoms with E-state index in [4.69, 9.17) is 0 Å². The van der Waals surface area contributed by atoms with Crippen LogP contribution >= 0.6 is 35.7 Å². The molecule has 0 radical (unpaired) electrons. The van der Waals surface area contributed by atoms with Gasteiger partial charge in [0.15, 0.2) is 5.96 Å². The molecular weight excluding hydrogens is 435 g/mol. The first-order valence-corrected chi connectivity index (χ1v) is 10.1. The van der Waals surface area contributed by atoms with Gasteiger partial charge in [0.2, 0.25) is 0 Å². The molecule has 1 atom stereocenters. The summed E-state index contributed by atoms with van der Waals surface area (Å²) >= 11 is 1.81. The number of halogens is 1. The van der Waals surface area contributed by atoms with Crippen LogP contribution in [0.25, 0.3) is 0 Å². The third-order valence-electron chi connectivity index (χ3n) is 4.17. The number of aliphatic hydroxyl groups is 1. The van der Waals surface area contributed by atoms with Crippen LogP contribution < -0.4 is 10.6 Å². The molecule has 0 aromatic rings. The van der Waals surface area contributed by atoms with Crippen LogP contribution in [0.15, 0.2) is 4.99 Å². The van der Waals surface area contributed by atoms with Gasteiger partial charge >= 0.3 is 0 Å². The highest BCUT2D eigenvalue weighted by atomic mass is 127. The predicted molar refractivity (Wildman–Crippen MR) is 118 cm³/mol. The molecule has 1 unspecified atom stereocenters. The van der Waals surface area contributed by atoms with Gasteiger partial charge in [-0.1, -0.05) is 0 Å². The number of rotatable bonds is 9. The number of aliphatic imine (C=N–C) groups is 1. The Kier molecular flexibility index (Phi) is 12.7. The van der Waals surface area contributed by atoms with E-state index in [-0.39, 0.29) is 24.0 Å². The van der Waals surface area contributed by atoms with Gasteiger partial charge in [-0.25, -0.2) is 0 Å². The van der Waals surface area contributed by atoms with E-state index in [0.717, 1.165) is 49.9 Å².